The molecule has 0 bridgehead atoms. The molecule has 2 N–H and O–H groups in total. The molecular weight excluding hydrogens is 272 g/mol. The van der Waals surface area contributed by atoms with E-state index in [0.29, 0.717) is 5.75 Å². The molecule has 1 aliphatic heterocycles. The monoisotopic (exact) mass is 288 g/mol. The zero-order valence-corrected chi connectivity index (χ0v) is 11.8. The number of hydrogen-bond donors (Lipinski definition) is 2. The summed E-state index contributed by atoms with van der Waals surface area (Å²) in [6.07, 6.45) is 3.42. The average Bonchev–Trinajstić information content (AvgIpc) is 3.04. The molecule has 0 spiro atoms. The summed E-state index contributed by atoms with van der Waals surface area (Å²) in [6.45, 7) is 0. The number of benzene rings is 1. The lowest BCUT2D eigenvalue weighted by atomic mass is 10.0. The van der Waals surface area contributed by atoms with E-state index in [2.05, 4.69) is 10.6 Å². The van der Waals surface area contributed by atoms with E-state index in [1.54, 1.807) is 0 Å². The van der Waals surface area contributed by atoms with E-state index in [4.69, 9.17) is 0 Å². The van der Waals surface area contributed by atoms with Gasteiger partial charge >= 0.3 is 0 Å². The SMILES string of the molecule is O=C1CSc2ccc(NC(=O)C3CC4CC4C3)cc2N1. The zero-order valence-electron chi connectivity index (χ0n) is 11.0. The Morgan fingerprint density at radius 3 is 2.85 bits per heavy atom. The van der Waals surface area contributed by atoms with Crippen molar-refractivity contribution in [2.45, 2.75) is 24.2 Å². The molecule has 2 aliphatic carbocycles. The van der Waals surface area contributed by atoms with Gasteiger partial charge in [-0.1, -0.05) is 0 Å². The number of carbonyl (C=O) groups is 2. The van der Waals surface area contributed by atoms with Crippen LogP contribution in [0.5, 0.6) is 0 Å². The Hall–Kier alpha value is -1.49. The van der Waals surface area contributed by atoms with Crippen molar-refractivity contribution in [3.63, 3.8) is 0 Å². The lowest BCUT2D eigenvalue weighted by Crippen LogP contribution is -2.22. The lowest BCUT2D eigenvalue weighted by molar-refractivity contribution is -0.120. The van der Waals surface area contributed by atoms with Crippen LogP contribution in [0.4, 0.5) is 11.4 Å². The maximum Gasteiger partial charge on any atom is 0.234 e. The van der Waals surface area contributed by atoms with Crippen molar-refractivity contribution in [1.82, 2.24) is 0 Å². The third-order valence-corrected chi connectivity index (χ3v) is 5.57. The van der Waals surface area contributed by atoms with Gasteiger partial charge in [-0.15, -0.1) is 11.8 Å². The van der Waals surface area contributed by atoms with Crippen LogP contribution in [0, 0.1) is 17.8 Å². The van der Waals surface area contributed by atoms with E-state index in [-0.39, 0.29) is 17.7 Å². The molecular formula is C15H16N2O2S. The van der Waals surface area contributed by atoms with Crippen LogP contribution in [0.15, 0.2) is 23.1 Å². The molecule has 1 heterocycles. The molecule has 2 atom stereocenters. The number of thioether (sulfide) groups is 1. The Morgan fingerprint density at radius 1 is 1.25 bits per heavy atom. The number of amides is 2. The first kappa shape index (κ1) is 12.3. The fraction of sp³-hybridized carbons (Fsp3) is 0.467. The number of nitrogens with one attached hydrogen (secondary N) is 2. The lowest BCUT2D eigenvalue weighted by Gasteiger charge is -2.18. The summed E-state index contributed by atoms with van der Waals surface area (Å²) in [6, 6.07) is 5.73. The number of rotatable bonds is 2. The number of fused-ring (bicyclic) bond motifs is 2. The van der Waals surface area contributed by atoms with E-state index in [1.807, 2.05) is 18.2 Å². The predicted octanol–water partition coefficient (Wildman–Crippen LogP) is 2.72. The molecule has 2 fully saturated rings. The first-order chi connectivity index (χ1) is 9.69. The molecule has 5 heteroatoms. The third kappa shape index (κ3) is 2.20. The molecule has 4 rings (SSSR count). The summed E-state index contributed by atoms with van der Waals surface area (Å²) in [5.74, 6) is 2.41. The molecule has 20 heavy (non-hydrogen) atoms. The van der Waals surface area contributed by atoms with Gasteiger partial charge in [-0.2, -0.15) is 0 Å². The summed E-state index contributed by atoms with van der Waals surface area (Å²) in [7, 11) is 0. The van der Waals surface area contributed by atoms with E-state index in [1.165, 1.54) is 18.2 Å². The quantitative estimate of drug-likeness (QED) is 0.879. The summed E-state index contributed by atoms with van der Waals surface area (Å²) in [4.78, 5) is 24.7. The molecule has 104 valence electrons. The molecule has 2 amide bonds. The van der Waals surface area contributed by atoms with E-state index in [0.717, 1.165) is 40.9 Å². The minimum absolute atomic E-state index is 0.0156. The first-order valence-corrected chi connectivity index (χ1v) is 8.05. The molecule has 4 nitrogen and oxygen atoms in total. The van der Waals surface area contributed by atoms with E-state index >= 15 is 0 Å². The van der Waals surface area contributed by atoms with Crippen LogP contribution >= 0.6 is 11.8 Å². The Kier molecular flexibility index (Phi) is 2.77. The van der Waals surface area contributed by atoms with E-state index in [9.17, 15) is 9.59 Å². The van der Waals surface area contributed by atoms with Crippen LogP contribution < -0.4 is 10.6 Å². The minimum atomic E-state index is 0.0156. The molecule has 1 aromatic rings. The fourth-order valence-electron chi connectivity index (χ4n) is 3.33. The molecule has 0 aromatic heterocycles. The Balaban J connectivity index is 1.47. The van der Waals surface area contributed by atoms with Crippen LogP contribution in [-0.4, -0.2) is 17.6 Å². The summed E-state index contributed by atoms with van der Waals surface area (Å²) in [5.41, 5.74) is 1.58. The maximum atomic E-state index is 12.2. The minimum Gasteiger partial charge on any atom is -0.326 e. The summed E-state index contributed by atoms with van der Waals surface area (Å²) < 4.78 is 0. The van der Waals surface area contributed by atoms with Crippen molar-refractivity contribution < 1.29 is 9.59 Å². The topological polar surface area (TPSA) is 58.2 Å². The molecule has 3 aliphatic rings. The Bertz CT molecular complexity index is 592. The van der Waals surface area contributed by atoms with Crippen molar-refractivity contribution in [3.8, 4) is 0 Å². The fourth-order valence-corrected chi connectivity index (χ4v) is 4.12. The van der Waals surface area contributed by atoms with Gasteiger partial charge in [0.2, 0.25) is 11.8 Å². The number of anilines is 2. The van der Waals surface area contributed by atoms with Crippen molar-refractivity contribution in [3.05, 3.63) is 18.2 Å². The van der Waals surface area contributed by atoms with Gasteiger partial charge in [0.15, 0.2) is 0 Å². The van der Waals surface area contributed by atoms with Gasteiger partial charge in [-0.3, -0.25) is 9.59 Å². The highest BCUT2D eigenvalue weighted by atomic mass is 32.2. The van der Waals surface area contributed by atoms with Gasteiger partial charge in [0.25, 0.3) is 0 Å². The first-order valence-electron chi connectivity index (χ1n) is 7.06. The maximum absolute atomic E-state index is 12.2. The standard InChI is InChI=1S/C15H16N2O2S/c18-14-7-20-13-2-1-11(6-12(13)17-14)16-15(19)10-4-8-3-9(8)5-10/h1-2,6,8-10H,3-5,7H2,(H,16,19)(H,17,18). The molecule has 1 aromatic carbocycles. The van der Waals surface area contributed by atoms with Gasteiger partial charge in [-0.05, 0) is 49.3 Å². The predicted molar refractivity (Wildman–Crippen MR) is 78.7 cm³/mol. The van der Waals surface area contributed by atoms with Gasteiger partial charge < -0.3 is 10.6 Å². The Morgan fingerprint density at radius 2 is 2.05 bits per heavy atom. The van der Waals surface area contributed by atoms with Crippen LogP contribution in [-0.2, 0) is 9.59 Å². The van der Waals surface area contributed by atoms with Gasteiger partial charge in [-0.25, -0.2) is 0 Å². The van der Waals surface area contributed by atoms with Crippen LogP contribution in [0.2, 0.25) is 0 Å². The summed E-state index contributed by atoms with van der Waals surface area (Å²) in [5, 5.41) is 5.84. The molecule has 0 radical (unpaired) electrons. The second-order valence-corrected chi connectivity index (χ2v) is 6.98. The Labute approximate surface area is 121 Å². The largest absolute Gasteiger partial charge is 0.326 e. The van der Waals surface area contributed by atoms with Crippen molar-refractivity contribution in [2.75, 3.05) is 16.4 Å². The smallest absolute Gasteiger partial charge is 0.234 e. The van der Waals surface area contributed by atoms with Crippen molar-refractivity contribution >= 4 is 35.0 Å². The highest BCUT2D eigenvalue weighted by Gasteiger charge is 2.47. The normalized spacial score (nSPS) is 30.2. The third-order valence-electron chi connectivity index (χ3n) is 4.49. The number of carbonyl (C=O) groups excluding carboxylic acids is 2. The van der Waals surface area contributed by atoms with Crippen LogP contribution in [0.3, 0.4) is 0 Å². The second kappa shape index (κ2) is 4.52. The van der Waals surface area contributed by atoms with Gasteiger partial charge in [0, 0.05) is 16.5 Å². The highest BCUT2D eigenvalue weighted by Crippen LogP contribution is 2.54. The zero-order chi connectivity index (χ0) is 13.7. The van der Waals surface area contributed by atoms with Crippen molar-refractivity contribution in [1.29, 1.82) is 0 Å². The van der Waals surface area contributed by atoms with Crippen molar-refractivity contribution in [2.24, 2.45) is 17.8 Å². The molecule has 2 unspecified atom stereocenters. The second-order valence-electron chi connectivity index (χ2n) is 5.96. The highest BCUT2D eigenvalue weighted by molar-refractivity contribution is 8.00. The number of hydrogen-bond acceptors (Lipinski definition) is 3. The molecule has 2 saturated carbocycles. The molecule has 0 saturated heterocycles. The average molecular weight is 288 g/mol. The van der Waals surface area contributed by atoms with Gasteiger partial charge in [0.1, 0.15) is 0 Å². The van der Waals surface area contributed by atoms with E-state index < -0.39 is 0 Å². The van der Waals surface area contributed by atoms with Crippen LogP contribution in [0.25, 0.3) is 0 Å². The summed E-state index contributed by atoms with van der Waals surface area (Å²) >= 11 is 1.53. The van der Waals surface area contributed by atoms with Crippen LogP contribution in [0.1, 0.15) is 19.3 Å². The van der Waals surface area contributed by atoms with Gasteiger partial charge in [0.05, 0.1) is 11.4 Å².